The Morgan fingerprint density at radius 2 is 2.00 bits per heavy atom. The number of likely N-dealkylation sites (tertiary alicyclic amines) is 1. The number of hydrogen-bond donors (Lipinski definition) is 1. The second kappa shape index (κ2) is 7.45. The molecule has 1 aliphatic heterocycles. The molecule has 1 aromatic rings. The van der Waals surface area contributed by atoms with Crippen LogP contribution in [0.4, 0.5) is 0 Å². The molecule has 2 atom stereocenters. The lowest BCUT2D eigenvalue weighted by Crippen LogP contribution is -2.43. The fourth-order valence-electron chi connectivity index (χ4n) is 2.50. The van der Waals surface area contributed by atoms with Gasteiger partial charge in [-0.3, -0.25) is 9.59 Å². The lowest BCUT2D eigenvalue weighted by Gasteiger charge is -2.24. The van der Waals surface area contributed by atoms with E-state index in [1.54, 1.807) is 31.2 Å². The van der Waals surface area contributed by atoms with Gasteiger partial charge in [0.05, 0.1) is 0 Å². The Kier molecular flexibility index (Phi) is 5.60. The normalized spacial score (nSPS) is 19.0. The second-order valence-corrected chi connectivity index (χ2v) is 6.39. The number of hydrogen-bond acceptors (Lipinski definition) is 4. The van der Waals surface area contributed by atoms with E-state index in [4.69, 9.17) is 5.11 Å². The van der Waals surface area contributed by atoms with Crippen molar-refractivity contribution in [3.8, 4) is 0 Å². The van der Waals surface area contributed by atoms with E-state index < -0.39 is 12.0 Å². The summed E-state index contributed by atoms with van der Waals surface area (Å²) in [5, 5.41) is 9.06. The molecule has 0 saturated carbocycles. The molecule has 2 unspecified atom stereocenters. The molecule has 1 heterocycles. The van der Waals surface area contributed by atoms with E-state index in [9.17, 15) is 14.4 Å². The molecule has 6 heteroatoms. The van der Waals surface area contributed by atoms with Crippen molar-refractivity contribution in [1.29, 1.82) is 0 Å². The highest BCUT2D eigenvalue weighted by Crippen LogP contribution is 2.22. The molecule has 1 saturated heterocycles. The maximum Gasteiger partial charge on any atom is 0.326 e. The number of amides is 1. The third-order valence-electron chi connectivity index (χ3n) is 3.72. The number of nitrogens with zero attached hydrogens (tertiary/aromatic N) is 1. The molecule has 22 heavy (non-hydrogen) atoms. The maximum absolute atomic E-state index is 12.3. The first-order chi connectivity index (χ1) is 10.5. The maximum atomic E-state index is 12.3. The van der Waals surface area contributed by atoms with E-state index in [0.29, 0.717) is 30.7 Å². The van der Waals surface area contributed by atoms with Gasteiger partial charge in [0.1, 0.15) is 6.04 Å². The first kappa shape index (κ1) is 16.5. The highest BCUT2D eigenvalue weighted by atomic mass is 32.2. The lowest BCUT2D eigenvalue weighted by molar-refractivity contribution is -0.149. The average Bonchev–Trinajstić information content (AvgIpc) is 3.02. The van der Waals surface area contributed by atoms with Crippen molar-refractivity contribution < 1.29 is 19.5 Å². The summed E-state index contributed by atoms with van der Waals surface area (Å²) in [6.45, 7) is 2.22. The average molecular weight is 321 g/mol. The van der Waals surface area contributed by atoms with Crippen molar-refractivity contribution in [3.05, 3.63) is 35.9 Å². The molecular formula is C16H19NO4S. The van der Waals surface area contributed by atoms with E-state index in [-0.39, 0.29) is 16.9 Å². The topological polar surface area (TPSA) is 74.7 Å². The summed E-state index contributed by atoms with van der Waals surface area (Å²) in [6.07, 6.45) is 1.22. The summed E-state index contributed by atoms with van der Waals surface area (Å²) >= 11 is 1.10. The number of carboxylic acids is 1. The Bertz CT molecular complexity index is 561. The SMILES string of the molecule is CC(CSC(=O)c1ccccc1)C(=O)N1CCCC1C(=O)O. The van der Waals surface area contributed by atoms with Gasteiger partial charge in [-0.1, -0.05) is 49.0 Å². The van der Waals surface area contributed by atoms with Gasteiger partial charge in [0.2, 0.25) is 11.0 Å². The van der Waals surface area contributed by atoms with Crippen molar-refractivity contribution in [2.75, 3.05) is 12.3 Å². The van der Waals surface area contributed by atoms with Crippen LogP contribution in [0.5, 0.6) is 0 Å². The zero-order chi connectivity index (χ0) is 16.1. The van der Waals surface area contributed by atoms with Gasteiger partial charge in [0, 0.05) is 23.8 Å². The van der Waals surface area contributed by atoms with Crippen LogP contribution in [-0.2, 0) is 9.59 Å². The van der Waals surface area contributed by atoms with Crippen LogP contribution in [0.2, 0.25) is 0 Å². The number of carbonyl (C=O) groups excluding carboxylic acids is 2. The molecule has 0 radical (unpaired) electrons. The standard InChI is InChI=1S/C16H19NO4S/c1-11(10-22-16(21)12-6-3-2-4-7-12)14(18)17-9-5-8-13(17)15(19)20/h2-4,6-7,11,13H,5,8-10H2,1H3,(H,19,20). The van der Waals surface area contributed by atoms with Gasteiger partial charge in [0.15, 0.2) is 0 Å². The van der Waals surface area contributed by atoms with Gasteiger partial charge in [0.25, 0.3) is 0 Å². The predicted molar refractivity (Wildman–Crippen MR) is 84.8 cm³/mol. The summed E-state index contributed by atoms with van der Waals surface area (Å²) < 4.78 is 0. The molecule has 0 bridgehead atoms. The Labute approximate surface area is 133 Å². The van der Waals surface area contributed by atoms with Gasteiger partial charge >= 0.3 is 5.97 Å². The zero-order valence-electron chi connectivity index (χ0n) is 12.4. The lowest BCUT2D eigenvalue weighted by atomic mass is 10.1. The van der Waals surface area contributed by atoms with E-state index in [0.717, 1.165) is 11.8 Å². The Morgan fingerprint density at radius 1 is 1.32 bits per heavy atom. The van der Waals surface area contributed by atoms with Crippen LogP contribution >= 0.6 is 11.8 Å². The number of carbonyl (C=O) groups is 3. The predicted octanol–water partition coefficient (Wildman–Crippen LogP) is 2.27. The van der Waals surface area contributed by atoms with Crippen LogP contribution in [0.25, 0.3) is 0 Å². The molecule has 1 fully saturated rings. The monoisotopic (exact) mass is 321 g/mol. The fraction of sp³-hybridized carbons (Fsp3) is 0.438. The molecule has 1 amide bonds. The minimum Gasteiger partial charge on any atom is -0.480 e. The summed E-state index contributed by atoms with van der Waals surface area (Å²) in [7, 11) is 0. The van der Waals surface area contributed by atoms with Gasteiger partial charge in [-0.15, -0.1) is 0 Å². The Balaban J connectivity index is 1.89. The van der Waals surface area contributed by atoms with Crippen molar-refractivity contribution in [2.24, 2.45) is 5.92 Å². The largest absolute Gasteiger partial charge is 0.480 e. The first-order valence-corrected chi connectivity index (χ1v) is 8.24. The van der Waals surface area contributed by atoms with E-state index in [1.165, 1.54) is 4.90 Å². The summed E-state index contributed by atoms with van der Waals surface area (Å²) in [6, 6.07) is 8.19. The smallest absolute Gasteiger partial charge is 0.326 e. The number of carboxylic acid groups (broad SMARTS) is 1. The number of aliphatic carboxylic acids is 1. The molecule has 5 nitrogen and oxygen atoms in total. The molecule has 0 spiro atoms. The van der Waals surface area contributed by atoms with Crippen LogP contribution in [0.1, 0.15) is 30.1 Å². The molecule has 0 aromatic heterocycles. The molecule has 1 aliphatic rings. The highest BCUT2D eigenvalue weighted by Gasteiger charge is 2.35. The van der Waals surface area contributed by atoms with Gasteiger partial charge in [-0.25, -0.2) is 4.79 Å². The third-order valence-corrected chi connectivity index (χ3v) is 4.88. The number of thioether (sulfide) groups is 1. The van der Waals surface area contributed by atoms with Gasteiger partial charge in [-0.05, 0) is 12.8 Å². The highest BCUT2D eigenvalue weighted by molar-refractivity contribution is 8.14. The molecule has 118 valence electrons. The number of rotatable bonds is 5. The van der Waals surface area contributed by atoms with Crippen molar-refractivity contribution in [2.45, 2.75) is 25.8 Å². The number of benzene rings is 1. The fourth-order valence-corrected chi connectivity index (χ4v) is 3.35. The molecule has 1 aromatic carbocycles. The summed E-state index contributed by atoms with van der Waals surface area (Å²) in [5.41, 5.74) is 0.608. The summed E-state index contributed by atoms with van der Waals surface area (Å²) in [4.78, 5) is 36.9. The quantitative estimate of drug-likeness (QED) is 0.900. The van der Waals surface area contributed by atoms with Crippen LogP contribution in [-0.4, -0.2) is 45.3 Å². The molecule has 2 rings (SSSR count). The van der Waals surface area contributed by atoms with Crippen molar-refractivity contribution in [1.82, 2.24) is 4.90 Å². The molecule has 0 aliphatic carbocycles. The van der Waals surface area contributed by atoms with Gasteiger partial charge in [-0.2, -0.15) is 0 Å². The van der Waals surface area contributed by atoms with E-state index in [1.807, 2.05) is 6.07 Å². The van der Waals surface area contributed by atoms with Crippen LogP contribution in [0.3, 0.4) is 0 Å². The van der Waals surface area contributed by atoms with Crippen LogP contribution < -0.4 is 0 Å². The summed E-state index contributed by atoms with van der Waals surface area (Å²) in [5.74, 6) is -1.16. The van der Waals surface area contributed by atoms with Crippen LogP contribution in [0, 0.1) is 5.92 Å². The van der Waals surface area contributed by atoms with Crippen molar-refractivity contribution >= 4 is 28.8 Å². The van der Waals surface area contributed by atoms with Gasteiger partial charge < -0.3 is 10.0 Å². The molecule has 1 N–H and O–H groups in total. The Hall–Kier alpha value is -1.82. The second-order valence-electron chi connectivity index (χ2n) is 5.39. The van der Waals surface area contributed by atoms with E-state index in [2.05, 4.69) is 0 Å². The Morgan fingerprint density at radius 3 is 2.64 bits per heavy atom. The third kappa shape index (κ3) is 3.88. The minimum atomic E-state index is -0.953. The van der Waals surface area contributed by atoms with E-state index >= 15 is 0 Å². The molecular weight excluding hydrogens is 302 g/mol. The van der Waals surface area contributed by atoms with Crippen LogP contribution in [0.15, 0.2) is 30.3 Å². The zero-order valence-corrected chi connectivity index (χ0v) is 13.2. The minimum absolute atomic E-state index is 0.0727. The first-order valence-electron chi connectivity index (χ1n) is 7.26. The van der Waals surface area contributed by atoms with Crippen molar-refractivity contribution in [3.63, 3.8) is 0 Å².